The van der Waals surface area contributed by atoms with E-state index in [1.54, 1.807) is 12.1 Å². The number of halogens is 1. The summed E-state index contributed by atoms with van der Waals surface area (Å²) >= 11 is 5.83. The number of benzene rings is 1. The molecule has 1 aromatic rings. The van der Waals surface area contributed by atoms with Crippen LogP contribution in [0.5, 0.6) is 0 Å². The molecule has 1 aromatic carbocycles. The van der Waals surface area contributed by atoms with Crippen molar-refractivity contribution in [3.8, 4) is 0 Å². The zero-order chi connectivity index (χ0) is 9.59. The Kier molecular flexibility index (Phi) is 2.18. The molecule has 0 saturated carbocycles. The molecule has 0 bridgehead atoms. The molecule has 1 heterocycles. The van der Waals surface area contributed by atoms with Gasteiger partial charge < -0.3 is 5.73 Å². The Morgan fingerprint density at radius 3 is 2.92 bits per heavy atom. The lowest BCUT2D eigenvalue weighted by atomic mass is 10.1. The number of fused-ring (bicyclic) bond motifs is 1. The highest BCUT2D eigenvalue weighted by Gasteiger charge is 2.33. The lowest BCUT2D eigenvalue weighted by molar-refractivity contribution is 0.662. The maximum Gasteiger partial charge on any atom is 0.0580 e. The van der Waals surface area contributed by atoms with Crippen molar-refractivity contribution in [1.29, 1.82) is 0 Å². The number of hydrogen-bond donors (Lipinski definition) is 1. The van der Waals surface area contributed by atoms with Gasteiger partial charge in [-0.1, -0.05) is 11.6 Å². The summed E-state index contributed by atoms with van der Waals surface area (Å²) in [6.45, 7) is 1.90. The minimum atomic E-state index is -0.965. The molecule has 1 aliphatic heterocycles. The third kappa shape index (κ3) is 1.31. The molecule has 13 heavy (non-hydrogen) atoms. The van der Waals surface area contributed by atoms with Gasteiger partial charge in [-0.15, -0.1) is 0 Å². The molecule has 70 valence electrons. The highest BCUT2D eigenvalue weighted by Crippen LogP contribution is 2.35. The van der Waals surface area contributed by atoms with E-state index >= 15 is 0 Å². The van der Waals surface area contributed by atoms with Crippen LogP contribution in [0.25, 0.3) is 0 Å². The molecular formula is C9H10ClNOS. The van der Waals surface area contributed by atoms with Crippen molar-refractivity contribution in [2.45, 2.75) is 23.1 Å². The Morgan fingerprint density at radius 2 is 2.23 bits per heavy atom. The van der Waals surface area contributed by atoms with E-state index in [2.05, 4.69) is 0 Å². The topological polar surface area (TPSA) is 43.1 Å². The summed E-state index contributed by atoms with van der Waals surface area (Å²) in [5, 5.41) is 0.647. The van der Waals surface area contributed by atoms with Crippen LogP contribution in [0.1, 0.15) is 18.5 Å². The van der Waals surface area contributed by atoms with Gasteiger partial charge in [0.2, 0.25) is 0 Å². The molecule has 3 unspecified atom stereocenters. The lowest BCUT2D eigenvalue weighted by Gasteiger charge is -2.07. The number of hydrogen-bond acceptors (Lipinski definition) is 2. The minimum absolute atomic E-state index is 0.00605. The highest BCUT2D eigenvalue weighted by atomic mass is 35.5. The van der Waals surface area contributed by atoms with E-state index in [1.807, 2.05) is 13.0 Å². The molecule has 0 fully saturated rings. The molecule has 0 aromatic heterocycles. The van der Waals surface area contributed by atoms with Crippen molar-refractivity contribution in [1.82, 2.24) is 0 Å². The second-order valence-corrected chi connectivity index (χ2v) is 5.43. The maximum atomic E-state index is 11.7. The van der Waals surface area contributed by atoms with Crippen molar-refractivity contribution in [2.75, 3.05) is 0 Å². The fourth-order valence-electron chi connectivity index (χ4n) is 1.55. The number of nitrogens with two attached hydrogens (primary N) is 1. The fraction of sp³-hybridized carbons (Fsp3) is 0.333. The van der Waals surface area contributed by atoms with E-state index in [1.165, 1.54) is 0 Å². The first-order valence-corrected chi connectivity index (χ1v) is 5.66. The molecule has 2 N–H and O–H groups in total. The Morgan fingerprint density at radius 1 is 1.54 bits per heavy atom. The first-order chi connectivity index (χ1) is 6.11. The fourth-order valence-corrected chi connectivity index (χ4v) is 3.17. The van der Waals surface area contributed by atoms with E-state index in [0.29, 0.717) is 5.02 Å². The highest BCUT2D eigenvalue weighted by molar-refractivity contribution is 7.86. The van der Waals surface area contributed by atoms with Crippen LogP contribution in [0.4, 0.5) is 0 Å². The van der Waals surface area contributed by atoms with Gasteiger partial charge >= 0.3 is 0 Å². The molecule has 0 aliphatic carbocycles. The summed E-state index contributed by atoms with van der Waals surface area (Å²) < 4.78 is 11.7. The monoisotopic (exact) mass is 215 g/mol. The molecule has 0 radical (unpaired) electrons. The summed E-state index contributed by atoms with van der Waals surface area (Å²) in [6.07, 6.45) is 0. The predicted molar refractivity (Wildman–Crippen MR) is 54.3 cm³/mol. The van der Waals surface area contributed by atoms with Crippen molar-refractivity contribution < 1.29 is 4.21 Å². The van der Waals surface area contributed by atoms with E-state index in [9.17, 15) is 4.21 Å². The summed E-state index contributed by atoms with van der Waals surface area (Å²) in [4.78, 5) is 0.837. The van der Waals surface area contributed by atoms with Crippen LogP contribution in [0.15, 0.2) is 23.1 Å². The van der Waals surface area contributed by atoms with Gasteiger partial charge in [-0.3, -0.25) is 4.21 Å². The van der Waals surface area contributed by atoms with Crippen LogP contribution in [0, 0.1) is 0 Å². The number of rotatable bonds is 0. The largest absolute Gasteiger partial charge is 0.323 e. The van der Waals surface area contributed by atoms with Crippen molar-refractivity contribution in [2.24, 2.45) is 5.73 Å². The summed E-state index contributed by atoms with van der Waals surface area (Å²) in [5.41, 5.74) is 6.83. The van der Waals surface area contributed by atoms with Gasteiger partial charge in [0.15, 0.2) is 0 Å². The van der Waals surface area contributed by atoms with Gasteiger partial charge in [-0.05, 0) is 30.7 Å². The quantitative estimate of drug-likeness (QED) is 0.718. The average molecular weight is 216 g/mol. The molecule has 2 nitrogen and oxygen atoms in total. The van der Waals surface area contributed by atoms with Gasteiger partial charge in [0.25, 0.3) is 0 Å². The van der Waals surface area contributed by atoms with Crippen LogP contribution in [-0.2, 0) is 10.8 Å². The summed E-state index contributed by atoms with van der Waals surface area (Å²) in [5.74, 6) is 0. The van der Waals surface area contributed by atoms with Crippen LogP contribution < -0.4 is 5.73 Å². The van der Waals surface area contributed by atoms with E-state index in [-0.39, 0.29) is 11.3 Å². The maximum absolute atomic E-state index is 11.7. The third-order valence-electron chi connectivity index (χ3n) is 2.39. The van der Waals surface area contributed by atoms with Crippen molar-refractivity contribution in [3.63, 3.8) is 0 Å². The van der Waals surface area contributed by atoms with Gasteiger partial charge in [0.05, 0.1) is 16.0 Å². The SMILES string of the molecule is CC1C(N)c2cc(Cl)ccc2S1=O. The van der Waals surface area contributed by atoms with Crippen LogP contribution in [0.2, 0.25) is 5.02 Å². The van der Waals surface area contributed by atoms with Gasteiger partial charge in [0.1, 0.15) is 0 Å². The second-order valence-electron chi connectivity index (χ2n) is 3.21. The van der Waals surface area contributed by atoms with Gasteiger partial charge in [-0.2, -0.15) is 0 Å². The molecule has 2 rings (SSSR count). The zero-order valence-electron chi connectivity index (χ0n) is 7.16. The van der Waals surface area contributed by atoms with Crippen LogP contribution >= 0.6 is 11.6 Å². The smallest absolute Gasteiger partial charge is 0.0580 e. The Balaban J connectivity index is 2.60. The lowest BCUT2D eigenvalue weighted by Crippen LogP contribution is -2.19. The molecule has 0 saturated heterocycles. The van der Waals surface area contributed by atoms with Crippen LogP contribution in [-0.4, -0.2) is 9.46 Å². The minimum Gasteiger partial charge on any atom is -0.323 e. The molecule has 0 amide bonds. The van der Waals surface area contributed by atoms with Crippen molar-refractivity contribution >= 4 is 22.4 Å². The van der Waals surface area contributed by atoms with Crippen molar-refractivity contribution in [3.05, 3.63) is 28.8 Å². The molecule has 1 aliphatic rings. The van der Waals surface area contributed by atoms with E-state index in [4.69, 9.17) is 17.3 Å². The normalized spacial score (nSPS) is 31.8. The standard InChI is InChI=1S/C9H10ClNOS/c1-5-9(11)7-4-6(10)2-3-8(7)13(5)12/h2-5,9H,11H2,1H3. The molecule has 0 spiro atoms. The zero-order valence-corrected chi connectivity index (χ0v) is 8.73. The predicted octanol–water partition coefficient (Wildman–Crippen LogP) is 1.85. The van der Waals surface area contributed by atoms with Crippen LogP contribution in [0.3, 0.4) is 0 Å². The first-order valence-electron chi connectivity index (χ1n) is 4.07. The summed E-state index contributed by atoms with van der Waals surface area (Å²) in [7, 11) is -0.965. The molecular weight excluding hydrogens is 206 g/mol. The van der Waals surface area contributed by atoms with Gasteiger partial charge in [-0.25, -0.2) is 0 Å². The van der Waals surface area contributed by atoms with E-state index < -0.39 is 10.8 Å². The average Bonchev–Trinajstić information content (AvgIpc) is 2.32. The van der Waals surface area contributed by atoms with E-state index in [0.717, 1.165) is 10.5 Å². The third-order valence-corrected chi connectivity index (χ3v) is 4.40. The van der Waals surface area contributed by atoms with Gasteiger partial charge in [0, 0.05) is 16.0 Å². The second kappa shape index (κ2) is 3.08. The Hall–Kier alpha value is -0.380. The Labute approximate surface area is 84.5 Å². The first kappa shape index (κ1) is 9.19. The molecule has 3 atom stereocenters. The summed E-state index contributed by atoms with van der Waals surface area (Å²) in [6, 6.07) is 5.22. The Bertz CT molecular complexity index is 380. The molecule has 4 heteroatoms.